The molecule has 0 unspecified atom stereocenters. The van der Waals surface area contributed by atoms with Gasteiger partial charge < -0.3 is 0 Å². The third-order valence-electron chi connectivity index (χ3n) is 3.08. The van der Waals surface area contributed by atoms with E-state index in [2.05, 4.69) is 20.7 Å². The second-order valence-corrected chi connectivity index (χ2v) is 5.75. The summed E-state index contributed by atoms with van der Waals surface area (Å²) < 4.78 is 28.5. The van der Waals surface area contributed by atoms with E-state index >= 15 is 0 Å². The number of amides is 1. The molecule has 0 saturated carbocycles. The van der Waals surface area contributed by atoms with E-state index in [9.17, 15) is 13.6 Å². The number of hydrogen-bond donors (Lipinski definition) is 1. The topological polar surface area (TPSA) is 77.6 Å². The molecule has 2 rings (SSSR count). The highest BCUT2D eigenvalue weighted by Gasteiger charge is 2.24. The molecule has 22 heavy (non-hydrogen) atoms. The molecule has 0 aliphatic carbocycles. The van der Waals surface area contributed by atoms with Crippen LogP contribution in [0.4, 0.5) is 8.78 Å². The van der Waals surface area contributed by atoms with Crippen molar-refractivity contribution in [2.24, 2.45) is 7.05 Å². The van der Waals surface area contributed by atoms with Gasteiger partial charge in [-0.3, -0.25) is 14.9 Å². The Morgan fingerprint density at radius 2 is 2.05 bits per heavy atom. The monoisotopic (exact) mass is 330 g/mol. The van der Waals surface area contributed by atoms with Crippen LogP contribution >= 0.6 is 11.8 Å². The van der Waals surface area contributed by atoms with Gasteiger partial charge >= 0.3 is 0 Å². The van der Waals surface area contributed by atoms with Gasteiger partial charge in [0.2, 0.25) is 11.0 Å². The van der Waals surface area contributed by atoms with Crippen molar-refractivity contribution in [1.29, 1.82) is 0 Å². The van der Waals surface area contributed by atoms with Crippen molar-refractivity contribution in [3.63, 3.8) is 0 Å². The zero-order valence-corrected chi connectivity index (χ0v) is 13.4. The second kappa shape index (κ2) is 6.42. The number of carbonyl (C=O) groups is 1. The third-order valence-corrected chi connectivity index (χ3v) is 3.89. The van der Waals surface area contributed by atoms with Gasteiger partial charge in [0.25, 0.3) is 12.3 Å². The van der Waals surface area contributed by atoms with Gasteiger partial charge in [-0.05, 0) is 19.6 Å². The molecule has 1 N–H and O–H groups in total. The molecule has 120 valence electrons. The van der Waals surface area contributed by atoms with E-state index in [-0.39, 0.29) is 5.16 Å². The van der Waals surface area contributed by atoms with Crippen LogP contribution in [0.1, 0.15) is 40.9 Å². The smallest absolute Gasteiger partial charge is 0.272 e. The van der Waals surface area contributed by atoms with Crippen LogP contribution in [0.25, 0.3) is 0 Å². The van der Waals surface area contributed by atoms with Crippen LogP contribution in [0.3, 0.4) is 0 Å². The van der Waals surface area contributed by atoms with Gasteiger partial charge in [0.05, 0.1) is 11.3 Å². The number of thioether (sulfide) groups is 1. The minimum atomic E-state index is -2.84. The van der Waals surface area contributed by atoms with E-state index in [1.807, 2.05) is 6.92 Å². The molecule has 1 amide bonds. The highest BCUT2D eigenvalue weighted by atomic mass is 32.2. The predicted octanol–water partition coefficient (Wildman–Crippen LogP) is 2.06. The maximum Gasteiger partial charge on any atom is 0.299 e. The first-order valence-corrected chi connectivity index (χ1v) is 7.53. The fourth-order valence-corrected chi connectivity index (χ4v) is 2.63. The summed E-state index contributed by atoms with van der Waals surface area (Å²) in [4.78, 5) is 12.4. The van der Waals surface area contributed by atoms with E-state index < -0.39 is 18.2 Å². The summed E-state index contributed by atoms with van der Waals surface area (Å²) in [7, 11) is 1.71. The Morgan fingerprint density at radius 1 is 1.36 bits per heavy atom. The van der Waals surface area contributed by atoms with Crippen LogP contribution in [0.2, 0.25) is 0 Å². The zero-order valence-electron chi connectivity index (χ0n) is 12.6. The van der Waals surface area contributed by atoms with Gasteiger partial charge in [-0.15, -0.1) is 10.2 Å². The molecule has 0 bridgehead atoms. The van der Waals surface area contributed by atoms with E-state index in [0.29, 0.717) is 22.7 Å². The summed E-state index contributed by atoms with van der Waals surface area (Å²) in [6.07, 6.45) is -2.84. The lowest BCUT2D eigenvalue weighted by Crippen LogP contribution is -2.26. The number of alkyl halides is 2. The molecule has 0 fully saturated rings. The van der Waals surface area contributed by atoms with E-state index in [1.54, 1.807) is 25.6 Å². The van der Waals surface area contributed by atoms with E-state index in [4.69, 9.17) is 0 Å². The summed E-state index contributed by atoms with van der Waals surface area (Å²) in [5.41, 5.74) is 3.95. The SMILES string of the molecule is CCSc1nnc(C(F)F)n1NC(=O)c1c(C)nn(C)c1C. The van der Waals surface area contributed by atoms with Crippen molar-refractivity contribution in [1.82, 2.24) is 24.7 Å². The molecule has 0 radical (unpaired) electrons. The first-order chi connectivity index (χ1) is 10.4. The summed E-state index contributed by atoms with van der Waals surface area (Å²) in [6.45, 7) is 5.27. The number of halogens is 2. The summed E-state index contributed by atoms with van der Waals surface area (Å²) in [6, 6.07) is 0. The molecule has 2 aromatic heterocycles. The van der Waals surface area contributed by atoms with Crippen molar-refractivity contribution in [3.8, 4) is 0 Å². The Morgan fingerprint density at radius 3 is 2.55 bits per heavy atom. The number of aromatic nitrogens is 5. The molecule has 2 heterocycles. The van der Waals surface area contributed by atoms with Gasteiger partial charge in [0, 0.05) is 12.7 Å². The van der Waals surface area contributed by atoms with Crippen LogP contribution in [-0.2, 0) is 7.05 Å². The summed E-state index contributed by atoms with van der Waals surface area (Å²) in [5.74, 6) is -0.506. The Labute approximate surface area is 130 Å². The van der Waals surface area contributed by atoms with Gasteiger partial charge in [0.1, 0.15) is 0 Å². The number of nitrogens with zero attached hydrogens (tertiary/aromatic N) is 5. The molecule has 0 spiro atoms. The third kappa shape index (κ3) is 2.96. The van der Waals surface area contributed by atoms with Crippen LogP contribution in [0, 0.1) is 13.8 Å². The fourth-order valence-electron chi connectivity index (χ4n) is 2.01. The minimum Gasteiger partial charge on any atom is -0.272 e. The number of aryl methyl sites for hydroxylation is 2. The van der Waals surface area contributed by atoms with Crippen LogP contribution in [0.15, 0.2) is 5.16 Å². The number of carbonyl (C=O) groups excluding carboxylic acids is 1. The molecule has 0 aliphatic heterocycles. The van der Waals surface area contributed by atoms with Crippen molar-refractivity contribution in [2.45, 2.75) is 32.4 Å². The molecule has 0 atom stereocenters. The first-order valence-electron chi connectivity index (χ1n) is 6.54. The highest BCUT2D eigenvalue weighted by Crippen LogP contribution is 2.22. The Kier molecular flexibility index (Phi) is 4.79. The standard InChI is InChI=1S/C12H16F2N6OS/c1-5-22-12-16-15-10(9(13)14)20(12)18-11(21)8-6(2)17-19(4)7(8)3/h9H,5H2,1-4H3,(H,18,21). The van der Waals surface area contributed by atoms with Crippen LogP contribution in [-0.4, -0.2) is 36.3 Å². The fraction of sp³-hybridized carbons (Fsp3) is 0.500. The molecular weight excluding hydrogens is 314 g/mol. The van der Waals surface area contributed by atoms with Gasteiger partial charge in [-0.25, -0.2) is 13.5 Å². The molecule has 10 heteroatoms. The summed E-state index contributed by atoms with van der Waals surface area (Å²) >= 11 is 1.21. The maximum atomic E-state index is 13.0. The first kappa shape index (κ1) is 16.4. The van der Waals surface area contributed by atoms with Gasteiger partial charge in [0.15, 0.2) is 0 Å². The maximum absolute atomic E-state index is 13.0. The Hall–Kier alpha value is -1.97. The Balaban J connectivity index is 2.37. The van der Waals surface area contributed by atoms with Crippen molar-refractivity contribution in [2.75, 3.05) is 11.2 Å². The van der Waals surface area contributed by atoms with Crippen molar-refractivity contribution >= 4 is 17.7 Å². The molecule has 7 nitrogen and oxygen atoms in total. The lowest BCUT2D eigenvalue weighted by atomic mass is 10.2. The van der Waals surface area contributed by atoms with Gasteiger partial charge in [-0.2, -0.15) is 5.10 Å². The number of hydrogen-bond acceptors (Lipinski definition) is 5. The zero-order chi connectivity index (χ0) is 16.4. The molecule has 0 saturated heterocycles. The largest absolute Gasteiger partial charge is 0.299 e. The minimum absolute atomic E-state index is 0.213. The average molecular weight is 330 g/mol. The quantitative estimate of drug-likeness (QED) is 0.849. The van der Waals surface area contributed by atoms with Crippen molar-refractivity contribution < 1.29 is 13.6 Å². The number of rotatable bonds is 5. The lowest BCUT2D eigenvalue weighted by molar-refractivity contribution is 0.0995. The van der Waals surface area contributed by atoms with Crippen LogP contribution < -0.4 is 5.43 Å². The number of nitrogens with one attached hydrogen (secondary N) is 1. The highest BCUT2D eigenvalue weighted by molar-refractivity contribution is 7.99. The summed E-state index contributed by atoms with van der Waals surface area (Å²) in [5, 5.41) is 11.5. The lowest BCUT2D eigenvalue weighted by Gasteiger charge is -2.11. The van der Waals surface area contributed by atoms with Gasteiger partial charge in [-0.1, -0.05) is 18.7 Å². The molecular formula is C12H16F2N6OS. The Bertz CT molecular complexity index is 696. The second-order valence-electron chi connectivity index (χ2n) is 4.52. The predicted molar refractivity (Wildman–Crippen MR) is 77.8 cm³/mol. The van der Waals surface area contributed by atoms with Crippen molar-refractivity contribution in [3.05, 3.63) is 22.8 Å². The molecule has 0 aromatic carbocycles. The average Bonchev–Trinajstić information content (AvgIpc) is 2.93. The normalized spacial score (nSPS) is 11.2. The van der Waals surface area contributed by atoms with E-state index in [0.717, 1.165) is 4.68 Å². The van der Waals surface area contributed by atoms with E-state index in [1.165, 1.54) is 11.8 Å². The molecule has 0 aliphatic rings. The van der Waals surface area contributed by atoms with Crippen LogP contribution in [0.5, 0.6) is 0 Å². The molecule has 2 aromatic rings.